The molecule has 0 fully saturated rings. The van der Waals surface area contributed by atoms with Crippen molar-refractivity contribution in [2.75, 3.05) is 26.1 Å². The van der Waals surface area contributed by atoms with Crippen LogP contribution in [-0.4, -0.2) is 60.7 Å². The van der Waals surface area contributed by atoms with Gasteiger partial charge < -0.3 is 15.2 Å². The van der Waals surface area contributed by atoms with E-state index in [1.807, 2.05) is 39.8 Å². The van der Waals surface area contributed by atoms with E-state index in [0.29, 0.717) is 33.8 Å². The number of nitrogens with zero attached hydrogens (tertiary/aromatic N) is 1. The van der Waals surface area contributed by atoms with Gasteiger partial charge in [0.15, 0.2) is 0 Å². The molecule has 218 valence electrons. The number of hydrogen-bond acceptors (Lipinski definition) is 6. The highest BCUT2D eigenvalue weighted by molar-refractivity contribution is 9.10. The summed E-state index contributed by atoms with van der Waals surface area (Å²) in [6, 6.07) is 7.97. The van der Waals surface area contributed by atoms with Crippen molar-refractivity contribution in [3.8, 4) is 0 Å². The Morgan fingerprint density at radius 2 is 1.65 bits per heavy atom. The first kappa shape index (κ1) is 32.0. The summed E-state index contributed by atoms with van der Waals surface area (Å²) in [5, 5.41) is 6.74. The van der Waals surface area contributed by atoms with Gasteiger partial charge in [0.05, 0.1) is 6.61 Å². The van der Waals surface area contributed by atoms with Gasteiger partial charge in [0, 0.05) is 40.1 Å². The minimum atomic E-state index is -3.72. The molecule has 3 atom stereocenters. The third-order valence-electron chi connectivity index (χ3n) is 6.83. The van der Waals surface area contributed by atoms with Crippen LogP contribution in [0, 0.1) is 17.8 Å². The number of rotatable bonds is 13. The molecule has 9 nitrogen and oxygen atoms in total. The molecule has 0 aliphatic carbocycles. The van der Waals surface area contributed by atoms with E-state index < -0.39 is 43.3 Å². The van der Waals surface area contributed by atoms with Crippen molar-refractivity contribution in [1.82, 2.24) is 15.5 Å². The Morgan fingerprint density at radius 1 is 1.00 bits per heavy atom. The highest BCUT2D eigenvalue weighted by atomic mass is 79.9. The van der Waals surface area contributed by atoms with Crippen molar-refractivity contribution >= 4 is 57.7 Å². The number of nitrogens with one attached hydrogen (secondary N) is 2. The van der Waals surface area contributed by atoms with E-state index in [4.69, 9.17) is 4.52 Å². The fourth-order valence-electron chi connectivity index (χ4n) is 5.19. The van der Waals surface area contributed by atoms with Crippen LogP contribution in [-0.2, 0) is 18.7 Å². The Kier molecular flexibility index (Phi) is 10.7. The van der Waals surface area contributed by atoms with Crippen molar-refractivity contribution in [2.24, 2.45) is 17.8 Å². The number of likely N-dealkylation sites (N-methyl/N-ethyl adjacent to an activating group) is 1. The molecule has 2 aromatic rings. The van der Waals surface area contributed by atoms with Crippen LogP contribution >= 0.6 is 23.3 Å². The minimum absolute atomic E-state index is 0.0782. The van der Waals surface area contributed by atoms with Gasteiger partial charge in [-0.1, -0.05) is 55.8 Å². The number of imide groups is 1. The summed E-state index contributed by atoms with van der Waals surface area (Å²) in [6.07, 6.45) is 0.218. The number of hydrogen-bond donors (Lipinski definition) is 2. The summed E-state index contributed by atoms with van der Waals surface area (Å²) in [5.74, 6) is -2.33. The summed E-state index contributed by atoms with van der Waals surface area (Å²) in [7, 11) is -2.20. The predicted octanol–water partition coefficient (Wildman–Crippen LogP) is 5.41. The van der Waals surface area contributed by atoms with Crippen LogP contribution in [0.4, 0.5) is 0 Å². The number of amides is 4. The molecule has 2 N–H and O–H groups in total. The predicted molar refractivity (Wildman–Crippen MR) is 160 cm³/mol. The van der Waals surface area contributed by atoms with Gasteiger partial charge in [0.1, 0.15) is 12.3 Å². The van der Waals surface area contributed by atoms with Gasteiger partial charge in [-0.25, -0.2) is 0 Å². The first-order valence-electron chi connectivity index (χ1n) is 13.6. The van der Waals surface area contributed by atoms with Crippen molar-refractivity contribution in [1.29, 1.82) is 0 Å². The van der Waals surface area contributed by atoms with Crippen LogP contribution in [0.15, 0.2) is 34.8 Å². The van der Waals surface area contributed by atoms with Gasteiger partial charge in [-0.15, -0.1) is 0 Å². The molecule has 3 rings (SSSR count). The smallest absolute Gasteiger partial charge is 0.261 e. The zero-order chi connectivity index (χ0) is 29.8. The lowest BCUT2D eigenvalue weighted by atomic mass is 9.94. The van der Waals surface area contributed by atoms with Gasteiger partial charge in [0.25, 0.3) is 11.8 Å². The lowest BCUT2D eigenvalue weighted by Crippen LogP contribution is -2.49. The Hall–Kier alpha value is -2.55. The monoisotopic (exact) mass is 635 g/mol. The van der Waals surface area contributed by atoms with E-state index in [1.165, 1.54) is 7.05 Å². The molecule has 11 heteroatoms. The highest BCUT2D eigenvalue weighted by Crippen LogP contribution is 2.51. The molecule has 4 amide bonds. The maximum atomic E-state index is 14.3. The molecule has 2 aromatic carbocycles. The molecule has 2 unspecified atom stereocenters. The zero-order valence-electron chi connectivity index (χ0n) is 24.0. The lowest BCUT2D eigenvalue weighted by Gasteiger charge is -2.32. The van der Waals surface area contributed by atoms with Crippen LogP contribution in [0.3, 0.4) is 0 Å². The summed E-state index contributed by atoms with van der Waals surface area (Å²) in [5.41, 5.74) is 0.683. The van der Waals surface area contributed by atoms with Gasteiger partial charge in [-0.2, -0.15) is 0 Å². The second-order valence-electron chi connectivity index (χ2n) is 11.1. The van der Waals surface area contributed by atoms with Crippen LogP contribution in [0.1, 0.15) is 68.2 Å². The van der Waals surface area contributed by atoms with Crippen LogP contribution in [0.2, 0.25) is 0 Å². The van der Waals surface area contributed by atoms with E-state index in [-0.39, 0.29) is 30.5 Å². The third-order valence-corrected chi connectivity index (χ3v) is 9.72. The zero-order valence-corrected chi connectivity index (χ0v) is 26.4. The van der Waals surface area contributed by atoms with E-state index in [0.717, 1.165) is 10.3 Å². The van der Waals surface area contributed by atoms with E-state index in [1.54, 1.807) is 25.1 Å². The molecule has 1 aliphatic rings. The summed E-state index contributed by atoms with van der Waals surface area (Å²) in [6.45, 7) is 9.57. The molecule has 1 heterocycles. The first-order valence-corrected chi connectivity index (χ1v) is 16.4. The highest BCUT2D eigenvalue weighted by Gasteiger charge is 2.41. The summed E-state index contributed by atoms with van der Waals surface area (Å²) >= 11 is 3.43. The van der Waals surface area contributed by atoms with Crippen molar-refractivity contribution in [3.05, 3.63) is 45.9 Å². The second-order valence-corrected chi connectivity index (χ2v) is 14.5. The fourth-order valence-corrected chi connectivity index (χ4v) is 8.11. The normalized spacial score (nSPS) is 16.3. The molecule has 0 bridgehead atoms. The molecule has 0 radical (unpaired) electrons. The van der Waals surface area contributed by atoms with Gasteiger partial charge >= 0.3 is 0 Å². The van der Waals surface area contributed by atoms with Crippen LogP contribution in [0.5, 0.6) is 0 Å². The molecule has 1 aliphatic heterocycles. The summed E-state index contributed by atoms with van der Waals surface area (Å²) in [4.78, 5) is 54.1. The molecule has 0 aromatic heterocycles. The van der Waals surface area contributed by atoms with Gasteiger partial charge in [0.2, 0.25) is 19.2 Å². The minimum Gasteiger partial charge on any atom is -0.357 e. The molecular weight excluding hydrogens is 597 g/mol. The van der Waals surface area contributed by atoms with E-state index >= 15 is 0 Å². The maximum Gasteiger partial charge on any atom is 0.261 e. The average molecular weight is 637 g/mol. The molecule has 0 saturated heterocycles. The lowest BCUT2D eigenvalue weighted by molar-refractivity contribution is -0.131. The number of halogens is 1. The largest absolute Gasteiger partial charge is 0.357 e. The first-order chi connectivity index (χ1) is 18.8. The Labute approximate surface area is 244 Å². The number of carbonyl (C=O) groups excluding carboxylic acids is 4. The number of carbonyl (C=O) groups is 4. The fraction of sp³-hybridized carbons (Fsp3) is 0.517. The second kappa shape index (κ2) is 13.4. The molecule has 0 spiro atoms. The molecular formula is C29H39BrN3O6P. The van der Waals surface area contributed by atoms with Crippen LogP contribution in [0.25, 0.3) is 10.8 Å². The Morgan fingerprint density at radius 3 is 2.25 bits per heavy atom. The van der Waals surface area contributed by atoms with Crippen molar-refractivity contribution in [2.45, 2.75) is 53.5 Å². The van der Waals surface area contributed by atoms with Gasteiger partial charge in [-0.05, 0) is 55.2 Å². The van der Waals surface area contributed by atoms with Crippen molar-refractivity contribution < 1.29 is 28.3 Å². The standard InChI is InChI=1S/C29H39BrN3O6P/c1-7-39-40(38,15-20(11-17(2)3)26(34)32-24(12-18(4)5)27(35)31-6)16-33-28(36)22-10-8-9-19-13-21(30)14-23(25(19)22)29(33)37/h8-10,13-14,17-18,20,24H,7,11-12,15-16H2,1-6H3,(H,31,35)(H,32,34)/t20?,24-,40?/m0/s1. The van der Waals surface area contributed by atoms with Gasteiger partial charge in [-0.3, -0.25) is 28.6 Å². The third kappa shape index (κ3) is 7.39. The maximum absolute atomic E-state index is 14.3. The molecule has 40 heavy (non-hydrogen) atoms. The number of benzene rings is 2. The van der Waals surface area contributed by atoms with Crippen molar-refractivity contribution in [3.63, 3.8) is 0 Å². The van der Waals surface area contributed by atoms with E-state index in [2.05, 4.69) is 26.6 Å². The molecule has 0 saturated carbocycles. The van der Waals surface area contributed by atoms with E-state index in [9.17, 15) is 23.7 Å². The van der Waals surface area contributed by atoms with Crippen LogP contribution < -0.4 is 10.6 Å². The quantitative estimate of drug-likeness (QED) is 0.224. The Balaban J connectivity index is 1.93. The Bertz CT molecular complexity index is 1340. The summed E-state index contributed by atoms with van der Waals surface area (Å²) < 4.78 is 20.7. The SMILES string of the molecule is CCOP(=O)(CC(CC(C)C)C(=O)N[C@@H](CC(C)C)C(=O)NC)CN1C(=O)c2cccc3cc(Br)cc(c23)C1=O. The topological polar surface area (TPSA) is 122 Å². The average Bonchev–Trinajstić information content (AvgIpc) is 2.87.